The van der Waals surface area contributed by atoms with E-state index >= 15 is 0 Å². The molecule has 1 aromatic heterocycles. The van der Waals surface area contributed by atoms with Gasteiger partial charge in [-0.05, 0) is 31.4 Å². The zero-order valence-electron chi connectivity index (χ0n) is 18.4. The molecule has 172 valence electrons. The van der Waals surface area contributed by atoms with E-state index in [1.54, 1.807) is 34.9 Å². The molecule has 3 aromatic rings. The molecule has 0 bridgehead atoms. The largest absolute Gasteiger partial charge is 0.376 e. The van der Waals surface area contributed by atoms with Crippen LogP contribution in [0.15, 0.2) is 64.5 Å². The molecule has 1 fully saturated rings. The molecule has 33 heavy (non-hydrogen) atoms. The average molecular weight is 466 g/mol. The average Bonchev–Trinajstić information content (AvgIpc) is 3.37. The number of fused-ring (bicyclic) bond motifs is 1. The van der Waals surface area contributed by atoms with Gasteiger partial charge in [0.2, 0.25) is 5.91 Å². The Morgan fingerprint density at radius 1 is 1.12 bits per heavy atom. The Morgan fingerprint density at radius 2 is 1.91 bits per heavy atom. The zero-order chi connectivity index (χ0) is 23.0. The van der Waals surface area contributed by atoms with E-state index in [2.05, 4.69) is 10.3 Å². The van der Waals surface area contributed by atoms with Crippen LogP contribution in [-0.4, -0.2) is 46.2 Å². The van der Waals surface area contributed by atoms with Crippen LogP contribution in [0.3, 0.4) is 0 Å². The maximum absolute atomic E-state index is 13.1. The number of nitrogens with one attached hydrogen (secondary N) is 1. The van der Waals surface area contributed by atoms with Gasteiger partial charge in [0.15, 0.2) is 10.9 Å². The molecular weight excluding hydrogens is 438 g/mol. The van der Waals surface area contributed by atoms with Crippen LogP contribution in [0.25, 0.3) is 10.9 Å². The number of hydrogen-bond donors (Lipinski definition) is 1. The van der Waals surface area contributed by atoms with Crippen molar-refractivity contribution in [1.29, 1.82) is 0 Å². The van der Waals surface area contributed by atoms with Gasteiger partial charge < -0.3 is 10.1 Å². The number of ether oxygens (including phenoxy) is 1. The van der Waals surface area contributed by atoms with Crippen molar-refractivity contribution in [2.75, 3.05) is 18.9 Å². The van der Waals surface area contributed by atoms with Gasteiger partial charge in [0.25, 0.3) is 5.56 Å². The summed E-state index contributed by atoms with van der Waals surface area (Å²) in [4.78, 5) is 42.6. The standard InChI is InChI=1S/C25H27N3O4S/c29-22(18-8-2-1-3-9-18)17-33-25-27-21-12-5-4-11-20(21)24(31)28(25)14-6-13-23(30)26-16-19-10-7-15-32-19/h1-5,8-9,11-12,19H,6-7,10,13-17H2,(H,26,30)/t19-/m0/s1. The zero-order valence-corrected chi connectivity index (χ0v) is 19.2. The highest BCUT2D eigenvalue weighted by molar-refractivity contribution is 7.99. The first-order valence-corrected chi connectivity index (χ1v) is 12.2. The van der Waals surface area contributed by atoms with Gasteiger partial charge in [-0.1, -0.05) is 54.2 Å². The first-order chi connectivity index (χ1) is 16.1. The van der Waals surface area contributed by atoms with Gasteiger partial charge in [-0.15, -0.1) is 0 Å². The number of thioether (sulfide) groups is 1. The van der Waals surface area contributed by atoms with Crippen molar-refractivity contribution in [3.05, 3.63) is 70.5 Å². The Morgan fingerprint density at radius 3 is 2.70 bits per heavy atom. The monoisotopic (exact) mass is 465 g/mol. The van der Waals surface area contributed by atoms with Crippen molar-refractivity contribution >= 4 is 34.4 Å². The van der Waals surface area contributed by atoms with E-state index < -0.39 is 0 Å². The van der Waals surface area contributed by atoms with E-state index in [1.165, 1.54) is 11.8 Å². The molecule has 2 heterocycles. The summed E-state index contributed by atoms with van der Waals surface area (Å²) in [7, 11) is 0. The van der Waals surface area contributed by atoms with E-state index in [9.17, 15) is 14.4 Å². The Balaban J connectivity index is 1.43. The van der Waals surface area contributed by atoms with Crippen molar-refractivity contribution in [2.24, 2.45) is 0 Å². The van der Waals surface area contributed by atoms with Crippen molar-refractivity contribution in [1.82, 2.24) is 14.9 Å². The van der Waals surface area contributed by atoms with E-state index in [0.717, 1.165) is 19.4 Å². The predicted octanol–water partition coefficient (Wildman–Crippen LogP) is 3.45. The molecule has 4 rings (SSSR count). The number of carbonyl (C=O) groups is 2. The number of aromatic nitrogens is 2. The number of hydrogen-bond acceptors (Lipinski definition) is 6. The van der Waals surface area contributed by atoms with Crippen LogP contribution in [0.4, 0.5) is 0 Å². The van der Waals surface area contributed by atoms with E-state index in [0.29, 0.717) is 47.6 Å². The summed E-state index contributed by atoms with van der Waals surface area (Å²) < 4.78 is 7.11. The van der Waals surface area contributed by atoms with Crippen LogP contribution in [0.1, 0.15) is 36.0 Å². The molecule has 1 atom stereocenters. The van der Waals surface area contributed by atoms with Crippen LogP contribution < -0.4 is 10.9 Å². The number of rotatable bonds is 10. The van der Waals surface area contributed by atoms with Crippen molar-refractivity contribution in [3.8, 4) is 0 Å². The third-order valence-corrected chi connectivity index (χ3v) is 6.57. The van der Waals surface area contributed by atoms with Gasteiger partial charge >= 0.3 is 0 Å². The summed E-state index contributed by atoms with van der Waals surface area (Å²) in [6.45, 7) is 1.64. The van der Waals surface area contributed by atoms with Crippen LogP contribution in [-0.2, 0) is 16.1 Å². The van der Waals surface area contributed by atoms with Gasteiger partial charge in [-0.3, -0.25) is 19.0 Å². The van der Waals surface area contributed by atoms with Crippen LogP contribution >= 0.6 is 11.8 Å². The van der Waals surface area contributed by atoms with E-state index in [-0.39, 0.29) is 29.1 Å². The second kappa shape index (κ2) is 11.2. The maximum Gasteiger partial charge on any atom is 0.262 e. The predicted molar refractivity (Wildman–Crippen MR) is 129 cm³/mol. The van der Waals surface area contributed by atoms with E-state index in [1.807, 2.05) is 24.3 Å². The van der Waals surface area contributed by atoms with Crippen LogP contribution in [0.5, 0.6) is 0 Å². The summed E-state index contributed by atoms with van der Waals surface area (Å²) in [6, 6.07) is 16.3. The molecule has 2 aromatic carbocycles. The number of Topliss-reactive ketones (excluding diaryl/α,β-unsaturated/α-hetero) is 1. The third-order valence-electron chi connectivity index (χ3n) is 5.59. The van der Waals surface area contributed by atoms with Crippen molar-refractivity contribution < 1.29 is 14.3 Å². The Kier molecular flexibility index (Phi) is 7.91. The summed E-state index contributed by atoms with van der Waals surface area (Å²) >= 11 is 1.25. The lowest BCUT2D eigenvalue weighted by Gasteiger charge is -2.14. The van der Waals surface area contributed by atoms with E-state index in [4.69, 9.17) is 4.74 Å². The third kappa shape index (κ3) is 6.09. The Bertz CT molecular complexity index is 1170. The molecule has 0 unspecified atom stereocenters. The number of carbonyl (C=O) groups excluding carboxylic acids is 2. The molecule has 0 spiro atoms. The summed E-state index contributed by atoms with van der Waals surface area (Å²) in [6.07, 6.45) is 2.91. The maximum atomic E-state index is 13.1. The quantitative estimate of drug-likeness (QED) is 0.280. The molecule has 8 heteroatoms. The second-order valence-corrected chi connectivity index (χ2v) is 8.93. The summed E-state index contributed by atoms with van der Waals surface area (Å²) in [5.74, 6) is 0.0975. The highest BCUT2D eigenvalue weighted by atomic mass is 32.2. The number of nitrogens with zero attached hydrogens (tertiary/aromatic N) is 2. The molecule has 0 aliphatic carbocycles. The topological polar surface area (TPSA) is 90.3 Å². The van der Waals surface area contributed by atoms with Crippen molar-refractivity contribution in [2.45, 2.75) is 43.5 Å². The second-order valence-electron chi connectivity index (χ2n) is 7.99. The molecule has 1 amide bonds. The summed E-state index contributed by atoms with van der Waals surface area (Å²) in [5.41, 5.74) is 1.07. The fraction of sp³-hybridized carbons (Fsp3) is 0.360. The minimum atomic E-state index is -0.157. The number of para-hydroxylation sites is 1. The van der Waals surface area contributed by atoms with Gasteiger partial charge in [0, 0.05) is 31.7 Å². The number of benzene rings is 2. The molecule has 1 aliphatic rings. The Labute approximate surface area is 196 Å². The highest BCUT2D eigenvalue weighted by Gasteiger charge is 2.17. The fourth-order valence-corrected chi connectivity index (χ4v) is 4.73. The molecule has 1 aliphatic heterocycles. The SMILES string of the molecule is O=C(CCCn1c(SCC(=O)c2ccccc2)nc2ccccc2c1=O)NC[C@@H]1CCCO1. The highest BCUT2D eigenvalue weighted by Crippen LogP contribution is 2.20. The molecule has 0 radical (unpaired) electrons. The molecule has 0 saturated carbocycles. The molecule has 7 nitrogen and oxygen atoms in total. The number of amides is 1. The van der Waals surface area contributed by atoms with Crippen LogP contribution in [0.2, 0.25) is 0 Å². The smallest absolute Gasteiger partial charge is 0.262 e. The Hall–Kier alpha value is -2.97. The summed E-state index contributed by atoms with van der Waals surface area (Å²) in [5, 5.41) is 3.93. The van der Waals surface area contributed by atoms with Crippen LogP contribution in [0, 0.1) is 0 Å². The number of ketones is 1. The minimum Gasteiger partial charge on any atom is -0.376 e. The van der Waals surface area contributed by atoms with Gasteiger partial charge in [-0.25, -0.2) is 4.98 Å². The molecular formula is C25H27N3O4S. The lowest BCUT2D eigenvalue weighted by atomic mass is 10.2. The molecule has 1 N–H and O–H groups in total. The van der Waals surface area contributed by atoms with Gasteiger partial charge in [0.05, 0.1) is 22.8 Å². The first kappa shape index (κ1) is 23.2. The lowest BCUT2D eigenvalue weighted by molar-refractivity contribution is -0.121. The van der Waals surface area contributed by atoms with Gasteiger partial charge in [-0.2, -0.15) is 0 Å². The minimum absolute atomic E-state index is 0.0249. The van der Waals surface area contributed by atoms with Crippen molar-refractivity contribution in [3.63, 3.8) is 0 Å². The van der Waals surface area contributed by atoms with Gasteiger partial charge in [0.1, 0.15) is 0 Å². The fourth-order valence-electron chi connectivity index (χ4n) is 3.81. The molecule has 1 saturated heterocycles. The first-order valence-electron chi connectivity index (χ1n) is 11.2. The normalized spacial score (nSPS) is 15.6. The lowest BCUT2D eigenvalue weighted by Crippen LogP contribution is -2.32.